The summed E-state index contributed by atoms with van der Waals surface area (Å²) >= 11 is 1.72. The summed E-state index contributed by atoms with van der Waals surface area (Å²) in [5, 5.41) is 5.36. The van der Waals surface area contributed by atoms with Crippen molar-refractivity contribution in [3.8, 4) is 0 Å². The zero-order chi connectivity index (χ0) is 11.7. The highest BCUT2D eigenvalue weighted by atomic mass is 32.1. The maximum atomic E-state index is 5.63. The molecule has 2 aromatic heterocycles. The van der Waals surface area contributed by atoms with Crippen LogP contribution in [-0.2, 0) is 4.74 Å². The van der Waals surface area contributed by atoms with Crippen molar-refractivity contribution in [2.45, 2.75) is 12.5 Å². The number of fused-ring (bicyclic) bond motifs is 1. The van der Waals surface area contributed by atoms with Gasteiger partial charge in [0.25, 0.3) is 0 Å². The van der Waals surface area contributed by atoms with Crippen LogP contribution >= 0.6 is 11.3 Å². The van der Waals surface area contributed by atoms with E-state index < -0.39 is 0 Å². The maximum Gasteiger partial charge on any atom is 0.114 e. The molecular formula is C13H14N2OS. The van der Waals surface area contributed by atoms with Crippen molar-refractivity contribution in [3.05, 3.63) is 41.1 Å². The standard InChI is InChI=1S/C13H14N2OS/c1-14-13(11-3-2-5-16-11)9-7-12-10(15-8-9)4-6-17-12/h3-4,6-8,13-14H,2,5H2,1H3. The van der Waals surface area contributed by atoms with Gasteiger partial charge in [-0.05, 0) is 36.2 Å². The van der Waals surface area contributed by atoms with Crippen molar-refractivity contribution in [2.75, 3.05) is 13.7 Å². The molecule has 0 spiro atoms. The normalized spacial score (nSPS) is 16.9. The largest absolute Gasteiger partial charge is 0.496 e. The van der Waals surface area contributed by atoms with E-state index in [0.717, 1.165) is 29.9 Å². The molecule has 1 aliphatic heterocycles. The second kappa shape index (κ2) is 4.47. The van der Waals surface area contributed by atoms with Gasteiger partial charge in [-0.1, -0.05) is 0 Å². The fraction of sp³-hybridized carbons (Fsp3) is 0.308. The van der Waals surface area contributed by atoms with Crippen LogP contribution in [0.5, 0.6) is 0 Å². The third-order valence-corrected chi connectivity index (χ3v) is 3.82. The molecule has 88 valence electrons. The summed E-state index contributed by atoms with van der Waals surface area (Å²) < 4.78 is 6.85. The molecule has 1 unspecified atom stereocenters. The van der Waals surface area contributed by atoms with E-state index in [0.29, 0.717) is 0 Å². The summed E-state index contributed by atoms with van der Waals surface area (Å²) in [7, 11) is 1.95. The third-order valence-electron chi connectivity index (χ3n) is 2.96. The number of nitrogens with zero attached hydrogens (tertiary/aromatic N) is 1. The number of rotatable bonds is 3. The first kappa shape index (κ1) is 10.7. The number of pyridine rings is 1. The summed E-state index contributed by atoms with van der Waals surface area (Å²) in [6.45, 7) is 0.794. The Labute approximate surface area is 104 Å². The predicted octanol–water partition coefficient (Wildman–Crippen LogP) is 2.86. The van der Waals surface area contributed by atoms with Gasteiger partial charge >= 0.3 is 0 Å². The van der Waals surface area contributed by atoms with Crippen LogP contribution < -0.4 is 5.32 Å². The molecule has 3 nitrogen and oxygen atoms in total. The fourth-order valence-corrected chi connectivity index (χ4v) is 2.92. The Kier molecular flexibility index (Phi) is 2.82. The zero-order valence-electron chi connectivity index (χ0n) is 9.64. The minimum absolute atomic E-state index is 0.122. The first-order valence-corrected chi connectivity index (χ1v) is 6.60. The number of ether oxygens (including phenoxy) is 1. The van der Waals surface area contributed by atoms with Crippen LogP contribution in [0.2, 0.25) is 0 Å². The molecule has 3 rings (SSSR count). The molecule has 0 amide bonds. The van der Waals surface area contributed by atoms with Crippen molar-refractivity contribution in [1.82, 2.24) is 10.3 Å². The van der Waals surface area contributed by atoms with Crippen LogP contribution in [-0.4, -0.2) is 18.6 Å². The van der Waals surface area contributed by atoms with E-state index in [1.165, 1.54) is 4.70 Å². The molecule has 0 radical (unpaired) electrons. The summed E-state index contributed by atoms with van der Waals surface area (Å²) in [6, 6.07) is 4.36. The zero-order valence-corrected chi connectivity index (χ0v) is 10.5. The molecule has 2 aromatic rings. The van der Waals surface area contributed by atoms with E-state index in [4.69, 9.17) is 4.74 Å². The average Bonchev–Trinajstić information content (AvgIpc) is 2.99. The average molecular weight is 246 g/mol. The fourth-order valence-electron chi connectivity index (χ4n) is 2.13. The van der Waals surface area contributed by atoms with Crippen molar-refractivity contribution in [2.24, 2.45) is 0 Å². The van der Waals surface area contributed by atoms with Crippen molar-refractivity contribution >= 4 is 21.6 Å². The van der Waals surface area contributed by atoms with Gasteiger partial charge in [0.1, 0.15) is 5.76 Å². The lowest BCUT2D eigenvalue weighted by Gasteiger charge is -2.17. The van der Waals surface area contributed by atoms with Crippen molar-refractivity contribution in [1.29, 1.82) is 0 Å². The first-order valence-electron chi connectivity index (χ1n) is 5.72. The number of thiophene rings is 1. The Morgan fingerprint density at radius 1 is 1.53 bits per heavy atom. The lowest BCUT2D eigenvalue weighted by Crippen LogP contribution is -2.19. The second-order valence-electron chi connectivity index (χ2n) is 4.04. The Morgan fingerprint density at radius 2 is 2.47 bits per heavy atom. The maximum absolute atomic E-state index is 5.63. The van der Waals surface area contributed by atoms with E-state index in [9.17, 15) is 0 Å². The number of aromatic nitrogens is 1. The molecule has 4 heteroatoms. The molecule has 0 fully saturated rings. The van der Waals surface area contributed by atoms with Crippen LogP contribution in [0.3, 0.4) is 0 Å². The van der Waals surface area contributed by atoms with Gasteiger partial charge in [0.05, 0.1) is 22.9 Å². The molecule has 1 N–H and O–H groups in total. The Hall–Kier alpha value is -1.39. The van der Waals surface area contributed by atoms with Crippen LogP contribution in [0.25, 0.3) is 10.2 Å². The SMILES string of the molecule is CNC(C1=CCCO1)c1cnc2ccsc2c1. The Morgan fingerprint density at radius 3 is 3.24 bits per heavy atom. The monoisotopic (exact) mass is 246 g/mol. The van der Waals surface area contributed by atoms with Gasteiger partial charge < -0.3 is 10.1 Å². The minimum Gasteiger partial charge on any atom is -0.496 e. The second-order valence-corrected chi connectivity index (χ2v) is 4.99. The summed E-state index contributed by atoms with van der Waals surface area (Å²) in [6.07, 6.45) is 5.08. The summed E-state index contributed by atoms with van der Waals surface area (Å²) in [4.78, 5) is 4.47. The van der Waals surface area contributed by atoms with Crippen molar-refractivity contribution in [3.63, 3.8) is 0 Å². The number of hydrogen-bond donors (Lipinski definition) is 1. The van der Waals surface area contributed by atoms with Gasteiger partial charge in [-0.15, -0.1) is 11.3 Å². The van der Waals surface area contributed by atoms with Gasteiger partial charge in [-0.25, -0.2) is 0 Å². The topological polar surface area (TPSA) is 34.1 Å². The van der Waals surface area contributed by atoms with Crippen LogP contribution in [0, 0.1) is 0 Å². The lowest BCUT2D eigenvalue weighted by atomic mass is 10.1. The molecular weight excluding hydrogens is 232 g/mol. The van der Waals surface area contributed by atoms with E-state index in [1.807, 2.05) is 19.3 Å². The van der Waals surface area contributed by atoms with E-state index in [2.05, 4.69) is 27.8 Å². The quantitative estimate of drug-likeness (QED) is 0.904. The van der Waals surface area contributed by atoms with Gasteiger partial charge in [0, 0.05) is 12.6 Å². The lowest BCUT2D eigenvalue weighted by molar-refractivity contribution is 0.218. The molecule has 0 aromatic carbocycles. The molecule has 3 heterocycles. The van der Waals surface area contributed by atoms with E-state index in [-0.39, 0.29) is 6.04 Å². The van der Waals surface area contributed by atoms with Crippen LogP contribution in [0.15, 0.2) is 35.5 Å². The van der Waals surface area contributed by atoms with Gasteiger partial charge in [-0.3, -0.25) is 4.98 Å². The van der Waals surface area contributed by atoms with E-state index >= 15 is 0 Å². The molecule has 1 aliphatic rings. The van der Waals surface area contributed by atoms with Crippen LogP contribution in [0.4, 0.5) is 0 Å². The smallest absolute Gasteiger partial charge is 0.114 e. The molecule has 0 bridgehead atoms. The molecule has 1 atom stereocenters. The molecule has 0 saturated heterocycles. The summed E-state index contributed by atoms with van der Waals surface area (Å²) in [5.41, 5.74) is 2.23. The van der Waals surface area contributed by atoms with Crippen LogP contribution in [0.1, 0.15) is 18.0 Å². The minimum atomic E-state index is 0.122. The Balaban J connectivity index is 1.99. The van der Waals surface area contributed by atoms with Crippen molar-refractivity contribution < 1.29 is 4.74 Å². The molecule has 17 heavy (non-hydrogen) atoms. The molecule has 0 saturated carbocycles. The third kappa shape index (κ3) is 1.94. The Bertz CT molecular complexity index is 561. The predicted molar refractivity (Wildman–Crippen MR) is 70.1 cm³/mol. The summed E-state index contributed by atoms with van der Waals surface area (Å²) in [5.74, 6) is 1.02. The highest BCUT2D eigenvalue weighted by molar-refractivity contribution is 7.17. The van der Waals surface area contributed by atoms with Gasteiger partial charge in [-0.2, -0.15) is 0 Å². The first-order chi connectivity index (χ1) is 8.38. The van der Waals surface area contributed by atoms with E-state index in [1.54, 1.807) is 11.3 Å². The molecule has 0 aliphatic carbocycles. The highest BCUT2D eigenvalue weighted by Crippen LogP contribution is 2.28. The number of nitrogens with one attached hydrogen (secondary N) is 1. The highest BCUT2D eigenvalue weighted by Gasteiger charge is 2.19. The number of hydrogen-bond acceptors (Lipinski definition) is 4. The van der Waals surface area contributed by atoms with Gasteiger partial charge in [0.15, 0.2) is 0 Å². The van der Waals surface area contributed by atoms with Gasteiger partial charge in [0.2, 0.25) is 0 Å². The number of likely N-dealkylation sites (N-methyl/N-ethyl adjacent to an activating group) is 1.